The summed E-state index contributed by atoms with van der Waals surface area (Å²) in [6.45, 7) is 6.16. The van der Waals surface area contributed by atoms with Crippen LogP contribution in [0.3, 0.4) is 0 Å². The van der Waals surface area contributed by atoms with Gasteiger partial charge in [0.05, 0.1) is 12.5 Å². The van der Waals surface area contributed by atoms with E-state index in [4.69, 9.17) is 16.6 Å². The number of phenols is 1. The van der Waals surface area contributed by atoms with Gasteiger partial charge in [-0.05, 0) is 65.6 Å². The third kappa shape index (κ3) is 14.4. The van der Waals surface area contributed by atoms with Crippen LogP contribution in [0.1, 0.15) is 57.2 Å². The molecule has 2 aromatic heterocycles. The molecule has 14 N–H and O–H groups in total. The molecule has 0 aliphatic heterocycles. The van der Waals surface area contributed by atoms with Crippen molar-refractivity contribution in [3.05, 3.63) is 102 Å². The Balaban J connectivity index is 1.45. The minimum absolute atomic E-state index is 0.0511. The summed E-state index contributed by atoms with van der Waals surface area (Å²) >= 11 is 0. The quantitative estimate of drug-likeness (QED) is 0.0413. The number of benzene rings is 3. The molecule has 20 heteroatoms. The molecule has 0 fully saturated rings. The molecule has 0 saturated carbocycles. The Bertz CT molecular complexity index is 2610. The first-order valence-electron chi connectivity index (χ1n) is 22.2. The summed E-state index contributed by atoms with van der Waals surface area (Å²) in [5.74, 6) is -7.78. The zero-order valence-electron chi connectivity index (χ0n) is 38.3. The highest BCUT2D eigenvalue weighted by molar-refractivity contribution is 5.98. The number of amides is 7. The molecule has 5 aromatic rings. The maximum absolute atomic E-state index is 14.8. The van der Waals surface area contributed by atoms with Crippen LogP contribution in [0.4, 0.5) is 0 Å². The lowest BCUT2D eigenvalue weighted by molar-refractivity contribution is -0.139. The van der Waals surface area contributed by atoms with Crippen molar-refractivity contribution in [1.29, 1.82) is 0 Å². The highest BCUT2D eigenvalue weighted by Gasteiger charge is 2.35. The Labute approximate surface area is 392 Å². The minimum atomic E-state index is -1.58. The number of aromatic hydroxyl groups is 1. The fourth-order valence-corrected chi connectivity index (χ4v) is 7.71. The zero-order valence-corrected chi connectivity index (χ0v) is 38.3. The first kappa shape index (κ1) is 51.2. The van der Waals surface area contributed by atoms with Crippen LogP contribution in [0.25, 0.3) is 21.8 Å². The van der Waals surface area contributed by atoms with Gasteiger partial charge in [-0.25, -0.2) is 0 Å². The second kappa shape index (κ2) is 23.6. The molecule has 20 nitrogen and oxygen atoms in total. The van der Waals surface area contributed by atoms with E-state index in [1.165, 1.54) is 12.1 Å². The average Bonchev–Trinajstić information content (AvgIpc) is 3.90. The van der Waals surface area contributed by atoms with Crippen molar-refractivity contribution in [2.24, 2.45) is 23.3 Å². The van der Waals surface area contributed by atoms with Crippen molar-refractivity contribution in [3.63, 3.8) is 0 Å². The van der Waals surface area contributed by atoms with Crippen molar-refractivity contribution in [2.75, 3.05) is 6.54 Å². The van der Waals surface area contributed by atoms with Crippen LogP contribution in [0.5, 0.6) is 5.75 Å². The predicted octanol–water partition coefficient (Wildman–Crippen LogP) is 0.912. The Morgan fingerprint density at radius 3 is 1.57 bits per heavy atom. The Morgan fingerprint density at radius 2 is 1.07 bits per heavy atom. The molecule has 2 heterocycles. The fraction of sp³-hybridized carbons (Fsp3) is 0.375. The maximum atomic E-state index is 14.8. The third-order valence-corrected chi connectivity index (χ3v) is 11.2. The zero-order chi connectivity index (χ0) is 49.7. The lowest BCUT2D eigenvalue weighted by atomic mass is 9.98. The summed E-state index contributed by atoms with van der Waals surface area (Å²) in [6, 6.07) is 13.0. The first-order valence-corrected chi connectivity index (χ1v) is 22.2. The van der Waals surface area contributed by atoms with E-state index in [9.17, 15) is 43.5 Å². The van der Waals surface area contributed by atoms with Gasteiger partial charge in [0.25, 0.3) is 0 Å². The van der Waals surface area contributed by atoms with Crippen molar-refractivity contribution >= 4 is 69.1 Å². The number of aromatic amines is 2. The van der Waals surface area contributed by atoms with Gasteiger partial charge in [-0.1, -0.05) is 76.2 Å². The number of hydrogen-bond donors (Lipinski definition) is 12. The van der Waals surface area contributed by atoms with Crippen LogP contribution in [0, 0.1) is 11.8 Å². The van der Waals surface area contributed by atoms with Crippen molar-refractivity contribution < 1.29 is 48.6 Å². The van der Waals surface area contributed by atoms with Gasteiger partial charge in [-0.15, -0.1) is 0 Å². The summed E-state index contributed by atoms with van der Waals surface area (Å²) in [6.07, 6.45) is 2.85. The summed E-state index contributed by atoms with van der Waals surface area (Å²) in [4.78, 5) is 113. The highest BCUT2D eigenvalue weighted by atomic mass is 16.4. The van der Waals surface area contributed by atoms with E-state index in [2.05, 4.69) is 41.9 Å². The number of primary amides is 1. The normalized spacial score (nSPS) is 14.0. The summed E-state index contributed by atoms with van der Waals surface area (Å²) in [7, 11) is 0. The molecule has 0 aliphatic rings. The number of rotatable bonds is 24. The van der Waals surface area contributed by atoms with Gasteiger partial charge < -0.3 is 63.5 Å². The molecular formula is C48H60N10O10. The van der Waals surface area contributed by atoms with Crippen molar-refractivity contribution in [1.82, 2.24) is 41.9 Å². The van der Waals surface area contributed by atoms with Gasteiger partial charge in [0, 0.05) is 47.0 Å². The predicted molar refractivity (Wildman–Crippen MR) is 252 cm³/mol. The minimum Gasteiger partial charge on any atom is -0.508 e. The number of fused-ring (bicyclic) bond motifs is 2. The molecule has 0 spiro atoms. The molecule has 7 amide bonds. The highest BCUT2D eigenvalue weighted by Crippen LogP contribution is 2.22. The number of aliphatic carboxylic acids is 1. The molecule has 0 saturated heterocycles. The summed E-state index contributed by atoms with van der Waals surface area (Å²) < 4.78 is 0. The van der Waals surface area contributed by atoms with E-state index in [0.29, 0.717) is 16.7 Å². The Kier molecular flexibility index (Phi) is 17.8. The van der Waals surface area contributed by atoms with Gasteiger partial charge in [-0.2, -0.15) is 0 Å². The van der Waals surface area contributed by atoms with E-state index in [1.807, 2.05) is 56.3 Å². The van der Waals surface area contributed by atoms with Gasteiger partial charge in [0.2, 0.25) is 41.4 Å². The molecular weight excluding hydrogens is 877 g/mol. The summed E-state index contributed by atoms with van der Waals surface area (Å²) in [5.41, 5.74) is 15.1. The van der Waals surface area contributed by atoms with Crippen LogP contribution in [0.2, 0.25) is 0 Å². The van der Waals surface area contributed by atoms with E-state index in [0.717, 1.165) is 21.8 Å². The topological polar surface area (TPSA) is 333 Å². The molecule has 6 atom stereocenters. The van der Waals surface area contributed by atoms with E-state index < -0.39 is 102 Å². The van der Waals surface area contributed by atoms with Gasteiger partial charge in [0.1, 0.15) is 42.5 Å². The van der Waals surface area contributed by atoms with E-state index in [1.54, 1.807) is 44.4 Å². The average molecular weight is 937 g/mol. The van der Waals surface area contributed by atoms with E-state index in [-0.39, 0.29) is 37.4 Å². The maximum Gasteiger partial charge on any atom is 0.322 e. The first-order chi connectivity index (χ1) is 32.3. The molecule has 3 aromatic carbocycles. The van der Waals surface area contributed by atoms with Crippen molar-refractivity contribution in [2.45, 2.75) is 96.1 Å². The fourth-order valence-electron chi connectivity index (χ4n) is 7.71. The second-order valence-electron chi connectivity index (χ2n) is 17.5. The van der Waals surface area contributed by atoms with Gasteiger partial charge in [0.15, 0.2) is 0 Å². The molecule has 362 valence electrons. The summed E-state index contributed by atoms with van der Waals surface area (Å²) in [5, 5.41) is 35.9. The van der Waals surface area contributed by atoms with Gasteiger partial charge >= 0.3 is 5.97 Å². The smallest absolute Gasteiger partial charge is 0.322 e. The number of H-pyrrole nitrogens is 2. The number of nitrogens with one attached hydrogen (secondary N) is 8. The standard InChI is InChI=1S/C48H60N10O10/c1-25(2)17-36(54-43(63)33(49)18-27-13-15-30(59)16-14-27)45(65)55-37(19-28-22-51-34-11-7-5-9-31(28)34)46(66)56-38(20-29-23-52-35-12-8-6-10-32(29)35)47(67)58-42(26(3)4)48(68)57-39(21-40(50)60)44(64)53-24-41(61)62/h5-16,22-23,25-26,33,36-39,42,51-52,59H,17-21,24,49H2,1-4H3,(H2,50,60)(H,53,64)(H,54,63)(H,55,65)(H,56,66)(H,57,68)(H,58,67)(H,61,62)/t33-,36-,37-,38-,39-,42-/m0/s1. The third-order valence-electron chi connectivity index (χ3n) is 11.2. The number of phenolic OH excluding ortho intramolecular Hbond substituents is 1. The van der Waals surface area contributed by atoms with Crippen LogP contribution >= 0.6 is 0 Å². The number of carboxylic acid groups (broad SMARTS) is 1. The number of para-hydroxylation sites is 2. The number of nitrogens with two attached hydrogens (primary N) is 2. The molecule has 68 heavy (non-hydrogen) atoms. The monoisotopic (exact) mass is 936 g/mol. The van der Waals surface area contributed by atoms with Crippen LogP contribution in [0.15, 0.2) is 85.2 Å². The molecule has 5 rings (SSSR count). The lowest BCUT2D eigenvalue weighted by Crippen LogP contribution is -2.61. The lowest BCUT2D eigenvalue weighted by Gasteiger charge is -2.28. The number of carbonyl (C=O) groups is 8. The van der Waals surface area contributed by atoms with Gasteiger partial charge in [-0.3, -0.25) is 38.4 Å². The Hall–Kier alpha value is -7.74. The van der Waals surface area contributed by atoms with Crippen LogP contribution in [-0.2, 0) is 57.6 Å². The molecule has 0 aliphatic carbocycles. The largest absolute Gasteiger partial charge is 0.508 e. The Morgan fingerprint density at radius 1 is 0.588 bits per heavy atom. The van der Waals surface area contributed by atoms with Crippen molar-refractivity contribution in [3.8, 4) is 5.75 Å². The van der Waals surface area contributed by atoms with Crippen LogP contribution in [-0.4, -0.2) is 110 Å². The molecule has 0 bridgehead atoms. The SMILES string of the molecule is CC(C)C[C@H](NC(=O)[C@@H](N)Cc1ccc(O)cc1)C(=O)N[C@@H](Cc1c[nH]c2ccccc12)C(=O)N[C@@H](Cc1c[nH]c2ccccc12)C(=O)N[C@H](C(=O)N[C@@H](CC(N)=O)C(=O)NCC(=O)O)C(C)C. The molecule has 0 unspecified atom stereocenters. The number of carbonyl (C=O) groups excluding carboxylic acids is 7. The number of hydrogen-bond acceptors (Lipinski definition) is 10. The molecule has 0 radical (unpaired) electrons. The van der Waals surface area contributed by atoms with Crippen LogP contribution < -0.4 is 43.4 Å². The number of aromatic nitrogens is 2. The second-order valence-corrected chi connectivity index (χ2v) is 17.5. The van der Waals surface area contributed by atoms with E-state index >= 15 is 0 Å². The number of carboxylic acids is 1.